The summed E-state index contributed by atoms with van der Waals surface area (Å²) in [5, 5.41) is 6.69. The molecule has 0 unspecified atom stereocenters. The summed E-state index contributed by atoms with van der Waals surface area (Å²) in [6, 6.07) is 13.7. The molecule has 0 atom stereocenters. The number of hydrogen-bond donors (Lipinski definition) is 2. The van der Waals surface area contributed by atoms with Crippen LogP contribution in [-0.2, 0) is 11.3 Å². The van der Waals surface area contributed by atoms with Crippen molar-refractivity contribution in [1.82, 2.24) is 5.32 Å². The molecule has 2 N–H and O–H groups in total. The lowest BCUT2D eigenvalue weighted by Gasteiger charge is -2.11. The lowest BCUT2D eigenvalue weighted by molar-refractivity contribution is -0.119. The van der Waals surface area contributed by atoms with E-state index < -0.39 is 0 Å². The topological polar surface area (TPSA) is 41.1 Å². The van der Waals surface area contributed by atoms with Gasteiger partial charge in [0.1, 0.15) is 0 Å². The first kappa shape index (κ1) is 15.4. The van der Waals surface area contributed by atoms with Crippen molar-refractivity contribution in [2.45, 2.75) is 20.4 Å². The van der Waals surface area contributed by atoms with Gasteiger partial charge in [0.05, 0.1) is 6.54 Å². The summed E-state index contributed by atoms with van der Waals surface area (Å²) >= 11 is 6.04. The predicted molar refractivity (Wildman–Crippen MR) is 87.7 cm³/mol. The summed E-state index contributed by atoms with van der Waals surface area (Å²) in [7, 11) is 0. The van der Waals surface area contributed by atoms with Gasteiger partial charge in [-0.05, 0) is 37.1 Å². The third-order valence-electron chi connectivity index (χ3n) is 3.32. The zero-order chi connectivity index (χ0) is 15.2. The SMILES string of the molecule is Cc1ccc(CNC(=O)CNc2cccc(Cl)c2C)cc1. The smallest absolute Gasteiger partial charge is 0.239 e. The average Bonchev–Trinajstić information content (AvgIpc) is 2.48. The monoisotopic (exact) mass is 302 g/mol. The number of hydrogen-bond acceptors (Lipinski definition) is 2. The average molecular weight is 303 g/mol. The minimum Gasteiger partial charge on any atom is -0.376 e. The van der Waals surface area contributed by atoms with Gasteiger partial charge in [-0.25, -0.2) is 0 Å². The molecule has 0 saturated carbocycles. The Labute approximate surface area is 130 Å². The number of anilines is 1. The molecular weight excluding hydrogens is 284 g/mol. The summed E-state index contributed by atoms with van der Waals surface area (Å²) in [5.41, 5.74) is 4.13. The lowest BCUT2D eigenvalue weighted by Crippen LogP contribution is -2.29. The standard InChI is InChI=1S/C17H19ClN2O/c1-12-6-8-14(9-7-12)10-20-17(21)11-19-16-5-3-4-15(18)13(16)2/h3-9,19H,10-11H2,1-2H3,(H,20,21). The van der Waals surface area contributed by atoms with Crippen molar-refractivity contribution in [2.24, 2.45) is 0 Å². The Kier molecular flexibility index (Phi) is 5.23. The van der Waals surface area contributed by atoms with Crippen LogP contribution in [0.2, 0.25) is 5.02 Å². The third kappa shape index (κ3) is 4.50. The molecule has 0 aliphatic carbocycles. The van der Waals surface area contributed by atoms with Gasteiger partial charge in [0.15, 0.2) is 0 Å². The van der Waals surface area contributed by atoms with Crippen LogP contribution in [0.1, 0.15) is 16.7 Å². The highest BCUT2D eigenvalue weighted by atomic mass is 35.5. The van der Waals surface area contributed by atoms with Crippen molar-refractivity contribution in [2.75, 3.05) is 11.9 Å². The molecule has 0 aliphatic heterocycles. The molecule has 0 radical (unpaired) electrons. The molecule has 3 nitrogen and oxygen atoms in total. The van der Waals surface area contributed by atoms with Gasteiger partial charge in [-0.3, -0.25) is 4.79 Å². The van der Waals surface area contributed by atoms with E-state index in [-0.39, 0.29) is 12.5 Å². The van der Waals surface area contributed by atoms with Crippen LogP contribution in [0.3, 0.4) is 0 Å². The first-order chi connectivity index (χ1) is 10.1. The summed E-state index contributed by atoms with van der Waals surface area (Å²) < 4.78 is 0. The fourth-order valence-electron chi connectivity index (χ4n) is 1.94. The van der Waals surface area contributed by atoms with Crippen LogP contribution in [0, 0.1) is 13.8 Å². The van der Waals surface area contributed by atoms with Gasteiger partial charge in [0.25, 0.3) is 0 Å². The van der Waals surface area contributed by atoms with Crippen molar-refractivity contribution in [3.8, 4) is 0 Å². The van der Waals surface area contributed by atoms with Crippen molar-refractivity contribution in [3.05, 3.63) is 64.2 Å². The van der Waals surface area contributed by atoms with E-state index in [1.807, 2.05) is 56.3 Å². The number of carbonyl (C=O) groups is 1. The molecule has 0 bridgehead atoms. The fourth-order valence-corrected chi connectivity index (χ4v) is 2.12. The van der Waals surface area contributed by atoms with E-state index in [1.165, 1.54) is 5.56 Å². The molecule has 0 heterocycles. The predicted octanol–water partition coefficient (Wildman–Crippen LogP) is 3.69. The molecule has 2 aromatic rings. The molecular formula is C17H19ClN2O. The van der Waals surface area contributed by atoms with Crippen LogP contribution in [-0.4, -0.2) is 12.5 Å². The molecule has 0 spiro atoms. The molecule has 0 fully saturated rings. The number of carbonyl (C=O) groups excluding carboxylic acids is 1. The van der Waals surface area contributed by atoms with Gasteiger partial charge in [-0.15, -0.1) is 0 Å². The Hall–Kier alpha value is -2.00. The van der Waals surface area contributed by atoms with Gasteiger partial charge in [0, 0.05) is 17.3 Å². The van der Waals surface area contributed by atoms with E-state index in [0.717, 1.165) is 16.8 Å². The van der Waals surface area contributed by atoms with E-state index in [9.17, 15) is 4.79 Å². The maximum absolute atomic E-state index is 11.8. The summed E-state index contributed by atoms with van der Waals surface area (Å²) in [5.74, 6) is -0.0463. The Balaban J connectivity index is 1.82. The minimum absolute atomic E-state index is 0.0463. The first-order valence-corrected chi connectivity index (χ1v) is 7.25. The molecule has 21 heavy (non-hydrogen) atoms. The number of halogens is 1. The van der Waals surface area contributed by atoms with Gasteiger partial charge >= 0.3 is 0 Å². The van der Waals surface area contributed by atoms with Crippen LogP contribution in [0.4, 0.5) is 5.69 Å². The number of benzene rings is 2. The van der Waals surface area contributed by atoms with Crippen LogP contribution in [0.15, 0.2) is 42.5 Å². The maximum atomic E-state index is 11.8. The van der Waals surface area contributed by atoms with Crippen molar-refractivity contribution in [3.63, 3.8) is 0 Å². The fraction of sp³-hybridized carbons (Fsp3) is 0.235. The zero-order valence-electron chi connectivity index (χ0n) is 12.2. The lowest BCUT2D eigenvalue weighted by atomic mass is 10.1. The highest BCUT2D eigenvalue weighted by molar-refractivity contribution is 6.31. The van der Waals surface area contributed by atoms with Gasteiger partial charge < -0.3 is 10.6 Å². The van der Waals surface area contributed by atoms with Crippen LogP contribution in [0.5, 0.6) is 0 Å². The van der Waals surface area contributed by atoms with Crippen LogP contribution >= 0.6 is 11.6 Å². The van der Waals surface area contributed by atoms with E-state index >= 15 is 0 Å². The molecule has 4 heteroatoms. The normalized spacial score (nSPS) is 10.2. The minimum atomic E-state index is -0.0463. The third-order valence-corrected chi connectivity index (χ3v) is 3.73. The van der Waals surface area contributed by atoms with Gasteiger partial charge in [-0.1, -0.05) is 47.5 Å². The van der Waals surface area contributed by atoms with E-state index in [2.05, 4.69) is 10.6 Å². The largest absolute Gasteiger partial charge is 0.376 e. The Morgan fingerprint density at radius 1 is 1.10 bits per heavy atom. The quantitative estimate of drug-likeness (QED) is 0.884. The second kappa shape index (κ2) is 7.14. The molecule has 0 aliphatic rings. The zero-order valence-corrected chi connectivity index (χ0v) is 13.0. The highest BCUT2D eigenvalue weighted by Gasteiger charge is 2.04. The summed E-state index contributed by atoms with van der Waals surface area (Å²) in [6.07, 6.45) is 0. The molecule has 110 valence electrons. The number of amides is 1. The molecule has 2 rings (SSSR count). The first-order valence-electron chi connectivity index (χ1n) is 6.87. The molecule has 2 aromatic carbocycles. The number of rotatable bonds is 5. The highest BCUT2D eigenvalue weighted by Crippen LogP contribution is 2.22. The second-order valence-electron chi connectivity index (χ2n) is 5.03. The second-order valence-corrected chi connectivity index (χ2v) is 5.44. The van der Waals surface area contributed by atoms with E-state index in [1.54, 1.807) is 0 Å². The van der Waals surface area contributed by atoms with Crippen molar-refractivity contribution < 1.29 is 4.79 Å². The maximum Gasteiger partial charge on any atom is 0.239 e. The van der Waals surface area contributed by atoms with Crippen LogP contribution in [0.25, 0.3) is 0 Å². The molecule has 1 amide bonds. The Morgan fingerprint density at radius 3 is 2.52 bits per heavy atom. The summed E-state index contributed by atoms with van der Waals surface area (Å²) in [6.45, 7) is 4.73. The number of aryl methyl sites for hydroxylation is 1. The summed E-state index contributed by atoms with van der Waals surface area (Å²) in [4.78, 5) is 11.8. The van der Waals surface area contributed by atoms with Gasteiger partial charge in [0.2, 0.25) is 5.91 Å². The van der Waals surface area contributed by atoms with E-state index in [4.69, 9.17) is 11.6 Å². The van der Waals surface area contributed by atoms with E-state index in [0.29, 0.717) is 11.6 Å². The Morgan fingerprint density at radius 2 is 1.81 bits per heavy atom. The molecule has 0 aromatic heterocycles. The Bertz CT molecular complexity index is 623. The number of nitrogens with one attached hydrogen (secondary N) is 2. The van der Waals surface area contributed by atoms with Gasteiger partial charge in [-0.2, -0.15) is 0 Å². The van der Waals surface area contributed by atoms with Crippen molar-refractivity contribution >= 4 is 23.2 Å². The van der Waals surface area contributed by atoms with Crippen LogP contribution < -0.4 is 10.6 Å². The van der Waals surface area contributed by atoms with Crippen molar-refractivity contribution in [1.29, 1.82) is 0 Å². The molecule has 0 saturated heterocycles.